The van der Waals surface area contributed by atoms with Gasteiger partial charge in [-0.3, -0.25) is 0 Å². The lowest BCUT2D eigenvalue weighted by atomic mass is 9.84. The second-order valence-electron chi connectivity index (χ2n) is 13.4. The summed E-state index contributed by atoms with van der Waals surface area (Å²) in [6, 6.07) is 49.6. The van der Waals surface area contributed by atoms with Crippen molar-refractivity contribution in [3.63, 3.8) is 0 Å². The predicted octanol–water partition coefficient (Wildman–Crippen LogP) is 13.2. The van der Waals surface area contributed by atoms with Gasteiger partial charge in [0.25, 0.3) is 0 Å². The van der Waals surface area contributed by atoms with Crippen molar-refractivity contribution in [3.05, 3.63) is 145 Å². The molecule has 236 valence electrons. The van der Waals surface area contributed by atoms with Crippen molar-refractivity contribution in [1.29, 1.82) is 0 Å². The van der Waals surface area contributed by atoms with E-state index in [2.05, 4.69) is 102 Å². The van der Waals surface area contributed by atoms with E-state index < -0.39 is 0 Å². The molecule has 1 saturated carbocycles. The van der Waals surface area contributed by atoms with Gasteiger partial charge in [-0.1, -0.05) is 92.1 Å². The Kier molecular flexibility index (Phi) is 6.54. The van der Waals surface area contributed by atoms with Gasteiger partial charge in [-0.25, -0.2) is 4.98 Å². The Labute approximate surface area is 284 Å². The quantitative estimate of drug-likeness (QED) is 0.177. The number of para-hydroxylation sites is 1. The number of aromatic nitrogens is 1. The lowest BCUT2D eigenvalue weighted by Gasteiger charge is -2.27. The fourth-order valence-corrected chi connectivity index (χ4v) is 7.98. The predicted molar refractivity (Wildman–Crippen MR) is 202 cm³/mol. The largest absolute Gasteiger partial charge is 0.456 e. The molecule has 0 unspecified atom stereocenters. The molecular formula is C45H34N2O2. The first kappa shape index (κ1) is 28.2. The first-order chi connectivity index (χ1) is 24.3. The second kappa shape index (κ2) is 11.4. The molecule has 0 saturated heterocycles. The molecule has 49 heavy (non-hydrogen) atoms. The van der Waals surface area contributed by atoms with Gasteiger partial charge in [-0.15, -0.1) is 0 Å². The third-order valence-electron chi connectivity index (χ3n) is 10.5. The minimum absolute atomic E-state index is 0.636. The van der Waals surface area contributed by atoms with Crippen LogP contribution in [0.25, 0.3) is 66.0 Å². The van der Waals surface area contributed by atoms with E-state index in [-0.39, 0.29) is 0 Å². The fourth-order valence-electron chi connectivity index (χ4n) is 7.98. The average molecular weight is 635 g/mol. The molecule has 7 aromatic carbocycles. The first-order valence-electron chi connectivity index (χ1n) is 17.4. The maximum atomic E-state index is 6.56. The topological polar surface area (TPSA) is 42.4 Å². The summed E-state index contributed by atoms with van der Waals surface area (Å²) in [4.78, 5) is 7.28. The SMILES string of the molecule is c1ccc(-c2nc3ccc4ccc5ccc(N(c6ccc(C7CCCCC7)cc6)c6ccc7oc8ccccc8c7c6)cc5c4c3o2)cc1. The Balaban J connectivity index is 1.17. The van der Waals surface area contributed by atoms with Gasteiger partial charge >= 0.3 is 0 Å². The molecule has 0 aliphatic heterocycles. The molecule has 1 aliphatic rings. The zero-order valence-electron chi connectivity index (χ0n) is 27.1. The highest BCUT2D eigenvalue weighted by Crippen LogP contribution is 2.43. The Hall–Kier alpha value is -5.87. The summed E-state index contributed by atoms with van der Waals surface area (Å²) in [6.45, 7) is 0. The monoisotopic (exact) mass is 634 g/mol. The van der Waals surface area contributed by atoms with Crippen molar-refractivity contribution < 1.29 is 8.83 Å². The Morgan fingerprint density at radius 2 is 1.20 bits per heavy atom. The molecular weight excluding hydrogens is 601 g/mol. The van der Waals surface area contributed by atoms with Crippen LogP contribution >= 0.6 is 0 Å². The number of hydrogen-bond donors (Lipinski definition) is 0. The summed E-state index contributed by atoms with van der Waals surface area (Å²) in [5.41, 5.74) is 9.18. The van der Waals surface area contributed by atoms with E-state index in [0.29, 0.717) is 11.8 Å². The number of oxazole rings is 1. The van der Waals surface area contributed by atoms with E-state index >= 15 is 0 Å². The average Bonchev–Trinajstić information content (AvgIpc) is 3.78. The normalized spacial score (nSPS) is 14.0. The highest BCUT2D eigenvalue weighted by molar-refractivity contribution is 6.18. The molecule has 0 radical (unpaired) electrons. The van der Waals surface area contributed by atoms with Crippen LogP contribution < -0.4 is 4.90 Å². The number of nitrogens with zero attached hydrogens (tertiary/aromatic N) is 2. The van der Waals surface area contributed by atoms with Crippen molar-refractivity contribution >= 4 is 71.6 Å². The van der Waals surface area contributed by atoms with Gasteiger partial charge in [0.15, 0.2) is 5.58 Å². The molecule has 4 heteroatoms. The summed E-state index contributed by atoms with van der Waals surface area (Å²) >= 11 is 0. The molecule has 10 rings (SSSR count). The third-order valence-corrected chi connectivity index (χ3v) is 10.5. The summed E-state index contributed by atoms with van der Waals surface area (Å²) in [5.74, 6) is 1.29. The summed E-state index contributed by atoms with van der Waals surface area (Å²) < 4.78 is 12.8. The molecule has 0 N–H and O–H groups in total. The lowest BCUT2D eigenvalue weighted by molar-refractivity contribution is 0.443. The molecule has 2 aromatic heterocycles. The van der Waals surface area contributed by atoms with Crippen LogP contribution in [0.15, 0.2) is 148 Å². The van der Waals surface area contributed by atoms with Gasteiger partial charge in [0.05, 0.1) is 0 Å². The zero-order valence-corrected chi connectivity index (χ0v) is 27.1. The zero-order chi connectivity index (χ0) is 32.3. The number of anilines is 3. The molecule has 0 atom stereocenters. The number of fused-ring (bicyclic) bond motifs is 8. The van der Waals surface area contributed by atoms with Crippen LogP contribution in [0.5, 0.6) is 0 Å². The molecule has 0 spiro atoms. The van der Waals surface area contributed by atoms with Crippen LogP contribution in [0.1, 0.15) is 43.6 Å². The number of benzene rings is 7. The Morgan fingerprint density at radius 3 is 2.06 bits per heavy atom. The van der Waals surface area contributed by atoms with Gasteiger partial charge in [0, 0.05) is 38.8 Å². The van der Waals surface area contributed by atoms with E-state index in [9.17, 15) is 0 Å². The van der Waals surface area contributed by atoms with Crippen LogP contribution in [0.4, 0.5) is 17.1 Å². The number of rotatable bonds is 5. The minimum Gasteiger partial charge on any atom is -0.456 e. The lowest BCUT2D eigenvalue weighted by Crippen LogP contribution is -2.10. The smallest absolute Gasteiger partial charge is 0.227 e. The minimum atomic E-state index is 0.636. The third kappa shape index (κ3) is 4.78. The highest BCUT2D eigenvalue weighted by Gasteiger charge is 2.20. The van der Waals surface area contributed by atoms with Gasteiger partial charge < -0.3 is 13.7 Å². The van der Waals surface area contributed by atoms with Gasteiger partial charge in [0.1, 0.15) is 16.7 Å². The molecule has 4 nitrogen and oxygen atoms in total. The molecule has 0 amide bonds. The van der Waals surface area contributed by atoms with Gasteiger partial charge in [-0.2, -0.15) is 0 Å². The molecule has 1 aliphatic carbocycles. The van der Waals surface area contributed by atoms with Gasteiger partial charge in [0.2, 0.25) is 5.89 Å². The van der Waals surface area contributed by atoms with Crippen molar-refractivity contribution in [2.75, 3.05) is 4.90 Å². The molecule has 9 aromatic rings. The number of hydrogen-bond acceptors (Lipinski definition) is 4. The summed E-state index contributed by atoms with van der Waals surface area (Å²) in [5, 5.41) is 6.73. The van der Waals surface area contributed by atoms with Crippen LogP contribution in [0, 0.1) is 0 Å². The molecule has 1 fully saturated rings. The standard InChI is InChI=1S/C45H34N2O2/c1-3-9-29(10-4-1)30-17-21-34(22-18-30)47(36-24-26-42-39(28-36)37-13-7-8-14-41(37)48-42)35-23-19-31-15-16-32-20-25-40-44(43(32)38(31)27-35)49-45(46-40)33-11-5-2-6-12-33/h2,5-8,11-29H,1,3-4,9-10H2. The summed E-state index contributed by atoms with van der Waals surface area (Å²) in [7, 11) is 0. The second-order valence-corrected chi connectivity index (χ2v) is 13.4. The first-order valence-corrected chi connectivity index (χ1v) is 17.4. The van der Waals surface area contributed by atoms with Crippen LogP contribution in [-0.2, 0) is 0 Å². The Morgan fingerprint density at radius 1 is 0.531 bits per heavy atom. The Bertz CT molecular complexity index is 2640. The maximum Gasteiger partial charge on any atom is 0.227 e. The fraction of sp³-hybridized carbons (Fsp3) is 0.133. The van der Waals surface area contributed by atoms with Crippen LogP contribution in [0.3, 0.4) is 0 Å². The van der Waals surface area contributed by atoms with Crippen molar-refractivity contribution in [2.45, 2.75) is 38.0 Å². The maximum absolute atomic E-state index is 6.56. The van der Waals surface area contributed by atoms with Crippen molar-refractivity contribution in [1.82, 2.24) is 4.98 Å². The number of furan rings is 1. The van der Waals surface area contributed by atoms with Crippen LogP contribution in [0.2, 0.25) is 0 Å². The van der Waals surface area contributed by atoms with E-state index in [4.69, 9.17) is 13.8 Å². The van der Waals surface area contributed by atoms with E-state index in [1.807, 2.05) is 42.5 Å². The molecule has 0 bridgehead atoms. The van der Waals surface area contributed by atoms with E-state index in [0.717, 1.165) is 77.2 Å². The van der Waals surface area contributed by atoms with Crippen molar-refractivity contribution in [3.8, 4) is 11.5 Å². The van der Waals surface area contributed by atoms with Crippen molar-refractivity contribution in [2.24, 2.45) is 0 Å². The van der Waals surface area contributed by atoms with E-state index in [1.54, 1.807) is 0 Å². The summed E-state index contributed by atoms with van der Waals surface area (Å²) in [6.07, 6.45) is 6.58. The van der Waals surface area contributed by atoms with Gasteiger partial charge in [-0.05, 0) is 107 Å². The van der Waals surface area contributed by atoms with E-state index in [1.165, 1.54) is 37.7 Å². The molecule has 2 heterocycles. The highest BCUT2D eigenvalue weighted by atomic mass is 16.3. The van der Waals surface area contributed by atoms with Crippen LogP contribution in [-0.4, -0.2) is 4.98 Å².